The van der Waals surface area contributed by atoms with Crippen LogP contribution in [0.5, 0.6) is 0 Å². The van der Waals surface area contributed by atoms with Crippen molar-refractivity contribution in [1.29, 1.82) is 0 Å². The summed E-state index contributed by atoms with van der Waals surface area (Å²) in [5, 5.41) is 0.672. The number of aryl methyl sites for hydroxylation is 3. The van der Waals surface area contributed by atoms with Gasteiger partial charge in [-0.15, -0.1) is 0 Å². The van der Waals surface area contributed by atoms with Gasteiger partial charge in [0, 0.05) is 0 Å². The van der Waals surface area contributed by atoms with Gasteiger partial charge < -0.3 is 0 Å². The van der Waals surface area contributed by atoms with E-state index in [0.29, 0.717) is 5.39 Å². The molecule has 0 aliphatic carbocycles. The molecule has 3 rings (SSSR count). The fourth-order valence-electron chi connectivity index (χ4n) is 3.12. The van der Waals surface area contributed by atoms with Gasteiger partial charge in [0.15, 0.2) is 0 Å². The van der Waals surface area contributed by atoms with Gasteiger partial charge in [-0.25, -0.2) is 4.98 Å². The Hall–Kier alpha value is -2.42. The molecule has 0 aliphatic heterocycles. The number of hydrogen-bond donors (Lipinski definition) is 0. The zero-order valence-corrected chi connectivity index (χ0v) is 14.6. The van der Waals surface area contributed by atoms with Crippen molar-refractivity contribution in [2.24, 2.45) is 0 Å². The largest absolute Gasteiger partial charge is 0.268 e. The monoisotopic (exact) mass is 306 g/mol. The van der Waals surface area contributed by atoms with E-state index in [2.05, 4.69) is 38.7 Å². The summed E-state index contributed by atoms with van der Waals surface area (Å²) < 4.78 is 1.75. The number of fused-ring (bicyclic) bond motifs is 1. The molecule has 0 saturated carbocycles. The van der Waals surface area contributed by atoms with Crippen LogP contribution in [0.25, 0.3) is 16.6 Å². The Morgan fingerprint density at radius 1 is 0.870 bits per heavy atom. The van der Waals surface area contributed by atoms with Crippen LogP contribution in [-0.2, 0) is 0 Å². The maximum absolute atomic E-state index is 13.1. The summed E-state index contributed by atoms with van der Waals surface area (Å²) in [5.74, 6) is 0.720. The first kappa shape index (κ1) is 15.5. The van der Waals surface area contributed by atoms with Gasteiger partial charge in [-0.05, 0) is 82.0 Å². The second-order valence-corrected chi connectivity index (χ2v) is 6.41. The van der Waals surface area contributed by atoms with Crippen molar-refractivity contribution in [2.75, 3.05) is 0 Å². The highest BCUT2D eigenvalue weighted by molar-refractivity contribution is 5.79. The third-order valence-electron chi connectivity index (χ3n) is 4.89. The van der Waals surface area contributed by atoms with Crippen LogP contribution in [0.1, 0.15) is 33.6 Å². The minimum absolute atomic E-state index is 0.00181. The fourth-order valence-corrected chi connectivity index (χ4v) is 3.12. The Morgan fingerprint density at radius 3 is 2.26 bits per heavy atom. The van der Waals surface area contributed by atoms with E-state index in [1.54, 1.807) is 4.57 Å². The van der Waals surface area contributed by atoms with E-state index < -0.39 is 0 Å². The molecule has 118 valence electrons. The molecule has 3 heteroatoms. The summed E-state index contributed by atoms with van der Waals surface area (Å²) >= 11 is 0. The molecule has 0 bridgehead atoms. The lowest BCUT2D eigenvalue weighted by Crippen LogP contribution is -2.23. The molecule has 3 nitrogen and oxygen atoms in total. The van der Waals surface area contributed by atoms with Gasteiger partial charge in [0.2, 0.25) is 0 Å². The van der Waals surface area contributed by atoms with Gasteiger partial charge in [0.05, 0.1) is 16.6 Å². The molecule has 1 heterocycles. The number of benzene rings is 2. The molecule has 0 spiro atoms. The number of nitrogens with zero attached hydrogens (tertiary/aromatic N) is 2. The summed E-state index contributed by atoms with van der Waals surface area (Å²) in [5.41, 5.74) is 7.60. The van der Waals surface area contributed by atoms with Crippen LogP contribution in [0.2, 0.25) is 0 Å². The van der Waals surface area contributed by atoms with Crippen LogP contribution in [0.15, 0.2) is 29.1 Å². The first-order valence-electron chi connectivity index (χ1n) is 7.89. The predicted octanol–water partition coefficient (Wildman–Crippen LogP) is 4.24. The van der Waals surface area contributed by atoms with E-state index in [1.807, 2.05) is 32.0 Å². The van der Waals surface area contributed by atoms with Crippen molar-refractivity contribution in [2.45, 2.75) is 41.5 Å². The Bertz CT molecular complexity index is 997. The molecule has 0 fully saturated rings. The molecular formula is C20H22N2O. The van der Waals surface area contributed by atoms with Gasteiger partial charge in [0.25, 0.3) is 5.56 Å². The van der Waals surface area contributed by atoms with E-state index in [0.717, 1.165) is 28.2 Å². The zero-order chi connectivity index (χ0) is 16.9. The molecule has 3 aromatic rings. The third kappa shape index (κ3) is 2.37. The van der Waals surface area contributed by atoms with Crippen LogP contribution in [0, 0.1) is 41.5 Å². The smallest absolute Gasteiger partial charge is 0.265 e. The second-order valence-electron chi connectivity index (χ2n) is 6.41. The number of aromatic nitrogens is 2. The molecule has 0 radical (unpaired) electrons. The van der Waals surface area contributed by atoms with E-state index in [9.17, 15) is 4.79 Å². The average Bonchev–Trinajstić information content (AvgIpc) is 2.51. The Morgan fingerprint density at radius 2 is 1.57 bits per heavy atom. The molecule has 0 N–H and O–H groups in total. The fraction of sp³-hybridized carbons (Fsp3) is 0.300. The highest BCUT2D eigenvalue weighted by atomic mass is 16.1. The summed E-state index contributed by atoms with van der Waals surface area (Å²) in [6.07, 6.45) is 0. The normalized spacial score (nSPS) is 11.2. The molecular weight excluding hydrogens is 284 g/mol. The van der Waals surface area contributed by atoms with Gasteiger partial charge >= 0.3 is 0 Å². The Kier molecular flexibility index (Phi) is 3.59. The maximum atomic E-state index is 13.1. The number of rotatable bonds is 1. The highest BCUT2D eigenvalue weighted by Gasteiger charge is 2.14. The van der Waals surface area contributed by atoms with E-state index in [4.69, 9.17) is 0 Å². The molecule has 0 saturated heterocycles. The SMILES string of the molecule is Cc1ccc2nc(C)n(-c3cc(C)c(C)c(C)c3C)c(=O)c2c1. The van der Waals surface area contributed by atoms with E-state index >= 15 is 0 Å². The predicted molar refractivity (Wildman–Crippen MR) is 95.8 cm³/mol. The summed E-state index contributed by atoms with van der Waals surface area (Å²) in [6, 6.07) is 7.92. The van der Waals surface area contributed by atoms with Crippen molar-refractivity contribution in [1.82, 2.24) is 9.55 Å². The maximum Gasteiger partial charge on any atom is 0.265 e. The highest BCUT2D eigenvalue weighted by Crippen LogP contribution is 2.24. The first-order valence-corrected chi connectivity index (χ1v) is 7.89. The van der Waals surface area contributed by atoms with Crippen molar-refractivity contribution in [3.8, 4) is 5.69 Å². The molecule has 0 aliphatic rings. The third-order valence-corrected chi connectivity index (χ3v) is 4.89. The van der Waals surface area contributed by atoms with E-state index in [-0.39, 0.29) is 5.56 Å². The number of hydrogen-bond acceptors (Lipinski definition) is 2. The Balaban J connectivity index is 2.44. The van der Waals surface area contributed by atoms with Crippen LogP contribution in [0.4, 0.5) is 0 Å². The van der Waals surface area contributed by atoms with Crippen molar-refractivity contribution >= 4 is 10.9 Å². The van der Waals surface area contributed by atoms with Crippen LogP contribution in [0.3, 0.4) is 0 Å². The van der Waals surface area contributed by atoms with E-state index in [1.165, 1.54) is 16.7 Å². The summed E-state index contributed by atoms with van der Waals surface area (Å²) in [6.45, 7) is 12.3. The topological polar surface area (TPSA) is 34.9 Å². The minimum Gasteiger partial charge on any atom is -0.268 e. The molecule has 2 aromatic carbocycles. The average molecular weight is 306 g/mol. The lowest BCUT2D eigenvalue weighted by molar-refractivity contribution is 0.882. The lowest BCUT2D eigenvalue weighted by atomic mass is 9.97. The van der Waals surface area contributed by atoms with Crippen molar-refractivity contribution in [3.63, 3.8) is 0 Å². The van der Waals surface area contributed by atoms with Crippen molar-refractivity contribution in [3.05, 3.63) is 68.3 Å². The first-order chi connectivity index (χ1) is 10.8. The molecule has 23 heavy (non-hydrogen) atoms. The molecule has 0 amide bonds. The van der Waals surface area contributed by atoms with Gasteiger partial charge in [-0.1, -0.05) is 11.6 Å². The van der Waals surface area contributed by atoms with Gasteiger partial charge in [-0.2, -0.15) is 0 Å². The molecule has 0 atom stereocenters. The quantitative estimate of drug-likeness (QED) is 0.674. The zero-order valence-electron chi connectivity index (χ0n) is 14.6. The standard InChI is InChI=1S/C20H22N2O/c1-11-7-8-18-17(9-11)20(23)22(16(6)21-18)19-10-12(2)13(3)14(4)15(19)5/h7-10H,1-6H3. The van der Waals surface area contributed by atoms with Crippen LogP contribution >= 0.6 is 0 Å². The van der Waals surface area contributed by atoms with Gasteiger partial charge in [0.1, 0.15) is 5.82 Å². The lowest BCUT2D eigenvalue weighted by Gasteiger charge is -2.18. The molecule has 1 aromatic heterocycles. The van der Waals surface area contributed by atoms with Crippen LogP contribution < -0.4 is 5.56 Å². The van der Waals surface area contributed by atoms with Crippen LogP contribution in [-0.4, -0.2) is 9.55 Å². The Labute approximate surface area is 136 Å². The summed E-state index contributed by atoms with van der Waals surface area (Å²) in [4.78, 5) is 17.7. The second kappa shape index (κ2) is 5.34. The van der Waals surface area contributed by atoms with Gasteiger partial charge in [-0.3, -0.25) is 9.36 Å². The summed E-state index contributed by atoms with van der Waals surface area (Å²) in [7, 11) is 0. The molecule has 0 unspecified atom stereocenters. The minimum atomic E-state index is 0.00181. The van der Waals surface area contributed by atoms with Crippen molar-refractivity contribution < 1.29 is 0 Å².